The highest BCUT2D eigenvalue weighted by Gasteiger charge is 2.50. The van der Waals surface area contributed by atoms with Gasteiger partial charge >= 0.3 is 23.5 Å². The minimum absolute atomic E-state index is 0.0317. The van der Waals surface area contributed by atoms with Gasteiger partial charge in [-0.2, -0.15) is 4.31 Å². The van der Waals surface area contributed by atoms with Crippen molar-refractivity contribution in [2.45, 2.75) is 122 Å². The normalized spacial score (nSPS) is 19.2. The number of hydrogen-bond donors (Lipinski definition) is 9. The van der Waals surface area contributed by atoms with E-state index in [0.717, 1.165) is 61.1 Å². The molecule has 0 bridgehead atoms. The lowest BCUT2D eigenvalue weighted by Gasteiger charge is -2.30. The molecule has 3 heterocycles. The number of phosphoric acid groups is 3. The molecule has 0 aliphatic carbocycles. The van der Waals surface area contributed by atoms with Crippen LogP contribution in [0.4, 0.5) is 5.82 Å². The molecule has 24 nitrogen and oxygen atoms in total. The van der Waals surface area contributed by atoms with Gasteiger partial charge in [0, 0.05) is 37.1 Å². The predicted molar refractivity (Wildman–Crippen MR) is 287 cm³/mol. The van der Waals surface area contributed by atoms with Gasteiger partial charge in [0.25, 0.3) is 0 Å². The van der Waals surface area contributed by atoms with E-state index in [9.17, 15) is 57.9 Å². The Morgan fingerprint density at radius 1 is 0.805 bits per heavy atom. The van der Waals surface area contributed by atoms with E-state index in [0.29, 0.717) is 12.2 Å². The van der Waals surface area contributed by atoms with Gasteiger partial charge in [0.2, 0.25) is 11.8 Å². The molecule has 77 heavy (non-hydrogen) atoms. The molecule has 6 aromatic rings. The Morgan fingerprint density at radius 3 is 2.14 bits per heavy atom. The number of imidazole rings is 1. The number of thioether (sulfide) groups is 1. The Balaban J connectivity index is 0.705. The van der Waals surface area contributed by atoms with Crippen molar-refractivity contribution in [2.75, 3.05) is 37.8 Å². The number of nitrogens with one attached hydrogen (secondary N) is 2. The number of nitrogen functional groups attached to an aromatic ring is 1. The van der Waals surface area contributed by atoms with Crippen LogP contribution in [0.5, 0.6) is 0 Å². The molecule has 2 aromatic heterocycles. The van der Waals surface area contributed by atoms with E-state index in [1.165, 1.54) is 83.8 Å². The van der Waals surface area contributed by atoms with Crippen molar-refractivity contribution in [3.05, 3.63) is 72.8 Å². The van der Waals surface area contributed by atoms with Crippen molar-refractivity contribution < 1.29 is 80.5 Å². The van der Waals surface area contributed by atoms with E-state index in [4.69, 9.17) is 19.5 Å². The second-order valence-electron chi connectivity index (χ2n) is 19.6. The number of fused-ring (bicyclic) bond motifs is 1. The van der Waals surface area contributed by atoms with Crippen LogP contribution in [0.3, 0.4) is 0 Å². The Morgan fingerprint density at radius 2 is 1.44 bits per heavy atom. The monoisotopic (exact) mass is 1150 g/mol. The van der Waals surface area contributed by atoms with Crippen molar-refractivity contribution in [3.63, 3.8) is 0 Å². The highest BCUT2D eigenvalue weighted by atomic mass is 32.2. The molecule has 1 aliphatic rings. The first-order valence-electron chi connectivity index (χ1n) is 25.2. The number of aliphatic hydroxyl groups is 2. The summed E-state index contributed by atoms with van der Waals surface area (Å²) in [6.45, 7) is 0.550. The van der Waals surface area contributed by atoms with Gasteiger partial charge in [-0.15, -0.1) is 0 Å². The number of benzene rings is 4. The summed E-state index contributed by atoms with van der Waals surface area (Å²) in [5, 5.41) is 34.7. The largest absolute Gasteiger partial charge is 0.481 e. The molecule has 2 amide bonds. The number of hydrogen-bond acceptors (Lipinski definition) is 18. The lowest BCUT2D eigenvalue weighted by Crippen LogP contribution is -2.46. The van der Waals surface area contributed by atoms with E-state index in [1.807, 2.05) is 0 Å². The summed E-state index contributed by atoms with van der Waals surface area (Å²) in [4.78, 5) is 88.8. The first-order valence-corrected chi connectivity index (χ1v) is 30.7. The van der Waals surface area contributed by atoms with Crippen molar-refractivity contribution in [1.82, 2.24) is 30.2 Å². The van der Waals surface area contributed by atoms with Crippen LogP contribution in [0.2, 0.25) is 0 Å². The van der Waals surface area contributed by atoms with Crippen molar-refractivity contribution in [2.24, 2.45) is 5.41 Å². The Kier molecular flexibility index (Phi) is 20.8. The van der Waals surface area contributed by atoms with Gasteiger partial charge in [0.15, 0.2) is 22.8 Å². The third kappa shape index (κ3) is 16.5. The smallest absolute Gasteiger partial charge is 0.386 e. The van der Waals surface area contributed by atoms with E-state index in [2.05, 4.69) is 89.0 Å². The first kappa shape index (κ1) is 60.1. The van der Waals surface area contributed by atoms with Gasteiger partial charge in [0.1, 0.15) is 36.3 Å². The van der Waals surface area contributed by atoms with E-state index in [1.54, 1.807) is 0 Å². The topological polar surface area (TPSA) is 364 Å². The molecule has 28 heteroatoms. The van der Waals surface area contributed by atoms with Crippen LogP contribution in [-0.2, 0) is 57.1 Å². The average Bonchev–Trinajstić information content (AvgIpc) is 3.94. The van der Waals surface area contributed by atoms with Crippen LogP contribution in [0, 0.1) is 5.41 Å². The number of aryl methyl sites for hydroxylation is 1. The van der Waals surface area contributed by atoms with Crippen LogP contribution in [0.25, 0.3) is 43.5 Å². The molecule has 0 radical (unpaired) electrons. The van der Waals surface area contributed by atoms with Crippen LogP contribution in [-0.4, -0.2) is 123 Å². The number of carbonyl (C=O) groups excluding carboxylic acids is 3. The molecule has 7 rings (SSSR count). The Bertz CT molecular complexity index is 3130. The zero-order valence-corrected chi connectivity index (χ0v) is 46.0. The van der Waals surface area contributed by atoms with E-state index >= 15 is 0 Å². The van der Waals surface area contributed by atoms with Crippen LogP contribution in [0.1, 0.15) is 96.3 Å². The van der Waals surface area contributed by atoms with Crippen molar-refractivity contribution in [1.29, 1.82) is 0 Å². The number of nitrogens with two attached hydrogens (primary N) is 1. The summed E-state index contributed by atoms with van der Waals surface area (Å²) in [5.74, 6) is -1.05. The van der Waals surface area contributed by atoms with Gasteiger partial charge in [-0.1, -0.05) is 125 Å². The molecule has 7 atom stereocenters. The fourth-order valence-corrected chi connectivity index (χ4v) is 12.8. The standard InChI is InChI=1S/C49H66N7O17P3S/c1-49(2,28-70-76(67,68)73-75(65,66)69-27-36-43(72-74(62,63)64)42(59)48(71-36)56-30-55-41-45(50)53-29-54-46(41)56)44(60)47(61)52-24-23-37(57)51-25-26-77-38(58)16-11-9-7-5-3-4-6-8-10-13-31-17-18-34-20-19-32-14-12-15-33-21-22-35(31)40(34)39(32)33/h12,14-15,17-22,29-30,36,42-44,48,59-60H,3-11,13,16,23-28H2,1-2H3,(H,51,57)(H,52,61)(H,65,66)(H,67,68)(H2,50,53,54)(H2,62,63,64). The predicted octanol–water partition coefficient (Wildman–Crippen LogP) is 6.71. The fraction of sp³-hybridized carbons (Fsp3) is 0.510. The summed E-state index contributed by atoms with van der Waals surface area (Å²) in [6.07, 6.45) is 4.65. The number of aliphatic hydroxyl groups excluding tert-OH is 2. The zero-order chi connectivity index (χ0) is 55.5. The van der Waals surface area contributed by atoms with E-state index < -0.39 is 84.6 Å². The van der Waals surface area contributed by atoms with Gasteiger partial charge < -0.3 is 50.9 Å². The zero-order valence-electron chi connectivity index (χ0n) is 42.5. The second kappa shape index (κ2) is 26.6. The molecule has 1 aliphatic heterocycles. The van der Waals surface area contributed by atoms with Crippen molar-refractivity contribution in [3.8, 4) is 0 Å². The van der Waals surface area contributed by atoms with Gasteiger partial charge in [-0.3, -0.25) is 32.5 Å². The molecule has 0 saturated carbocycles. The Labute approximate surface area is 448 Å². The molecule has 1 fully saturated rings. The molecule has 1 saturated heterocycles. The van der Waals surface area contributed by atoms with Gasteiger partial charge in [-0.05, 0) is 57.1 Å². The quantitative estimate of drug-likeness (QED) is 0.0124. The summed E-state index contributed by atoms with van der Waals surface area (Å²) in [7, 11) is -16.4. The summed E-state index contributed by atoms with van der Waals surface area (Å²) in [5.41, 5.74) is 5.71. The maximum absolute atomic E-state index is 12.8. The van der Waals surface area contributed by atoms with Crippen LogP contribution in [0.15, 0.2) is 67.3 Å². The number of phosphoric ester groups is 3. The third-order valence-corrected chi connectivity index (χ3v) is 17.2. The Hall–Kier alpha value is -4.52. The number of nitrogens with zero attached hydrogens (tertiary/aromatic N) is 4. The number of rotatable bonds is 31. The molecular weight excluding hydrogens is 1080 g/mol. The highest BCUT2D eigenvalue weighted by molar-refractivity contribution is 8.13. The van der Waals surface area contributed by atoms with Crippen LogP contribution >= 0.6 is 35.2 Å². The molecular formula is C49H66N7O17P3S. The summed E-state index contributed by atoms with van der Waals surface area (Å²) < 4.78 is 62.6. The average molecular weight is 1150 g/mol. The molecule has 4 aromatic carbocycles. The maximum Gasteiger partial charge on any atom is 0.481 e. The fourth-order valence-electron chi connectivity index (χ4n) is 9.20. The SMILES string of the molecule is CC(C)(COP(=O)(O)OP(=O)(O)OCC1OC(n2cnc3c(N)ncnc32)C(O)C1OP(=O)(O)O)C(O)C(=O)NCCC(=O)NCCSC(=O)CCCCCCCCCCCc1ccc2ccc3cccc4ccc1c2c34. The number of ether oxygens (including phenoxy) is 1. The van der Waals surface area contributed by atoms with Gasteiger partial charge in [-0.25, -0.2) is 28.6 Å². The summed E-state index contributed by atoms with van der Waals surface area (Å²) in [6, 6.07) is 20.0. The van der Waals surface area contributed by atoms with E-state index in [-0.39, 0.29) is 41.6 Å². The minimum Gasteiger partial charge on any atom is -0.386 e. The molecule has 0 spiro atoms. The third-order valence-electron chi connectivity index (χ3n) is 13.2. The lowest BCUT2D eigenvalue weighted by molar-refractivity contribution is -0.137. The second-order valence-corrected chi connectivity index (χ2v) is 24.9. The molecule has 7 unspecified atom stereocenters. The number of anilines is 1. The minimum atomic E-state index is -5.59. The molecule has 10 N–H and O–H groups in total. The maximum atomic E-state index is 12.8. The number of aromatic nitrogens is 4. The molecule has 420 valence electrons. The van der Waals surface area contributed by atoms with Crippen LogP contribution < -0.4 is 16.4 Å². The first-order chi connectivity index (χ1) is 36.5. The van der Waals surface area contributed by atoms with Crippen molar-refractivity contribution >= 4 is 101 Å². The number of carbonyl (C=O) groups is 3. The van der Waals surface area contributed by atoms with Gasteiger partial charge in [0.05, 0.1) is 19.5 Å². The summed E-state index contributed by atoms with van der Waals surface area (Å²) >= 11 is 1.15. The lowest BCUT2D eigenvalue weighted by atomic mass is 9.87. The number of amides is 2. The highest BCUT2D eigenvalue weighted by Crippen LogP contribution is 2.61. The number of unbranched alkanes of at least 4 members (excludes halogenated alkanes) is 8.